The standard InChI is InChI=1S/C16H15FN2/c1-3-5-6-13(4-2)14-11-18-19(12-14)16-9-7-15(17)8-10-16/h3-12H,2H2,1H3/b5-3-,13-6+. The zero-order valence-corrected chi connectivity index (χ0v) is 10.8. The molecule has 0 unspecified atom stereocenters. The Morgan fingerprint density at radius 1 is 1.32 bits per heavy atom. The zero-order chi connectivity index (χ0) is 13.7. The minimum atomic E-state index is -0.254. The Hall–Kier alpha value is -2.42. The predicted molar refractivity (Wildman–Crippen MR) is 76.5 cm³/mol. The van der Waals surface area contributed by atoms with Crippen molar-refractivity contribution >= 4 is 5.57 Å². The smallest absolute Gasteiger partial charge is 0.123 e. The third-order valence-corrected chi connectivity index (χ3v) is 2.70. The van der Waals surface area contributed by atoms with Crippen LogP contribution in [-0.2, 0) is 0 Å². The summed E-state index contributed by atoms with van der Waals surface area (Å²) in [6, 6.07) is 6.21. The molecule has 1 aromatic carbocycles. The van der Waals surface area contributed by atoms with E-state index in [2.05, 4.69) is 11.7 Å². The topological polar surface area (TPSA) is 17.8 Å². The number of aromatic nitrogens is 2. The summed E-state index contributed by atoms with van der Waals surface area (Å²) in [5.41, 5.74) is 2.78. The summed E-state index contributed by atoms with van der Waals surface area (Å²) < 4.78 is 14.6. The van der Waals surface area contributed by atoms with Gasteiger partial charge >= 0.3 is 0 Å². The molecule has 19 heavy (non-hydrogen) atoms. The summed E-state index contributed by atoms with van der Waals surface area (Å²) in [5, 5.41) is 4.27. The SMILES string of the molecule is C=C/C(=C\C=C/C)c1cnn(-c2ccc(F)cc2)c1. The molecule has 0 atom stereocenters. The fourth-order valence-corrected chi connectivity index (χ4v) is 1.69. The van der Waals surface area contributed by atoms with Gasteiger partial charge in [0, 0.05) is 11.8 Å². The molecule has 1 heterocycles. The summed E-state index contributed by atoms with van der Waals surface area (Å²) in [5.74, 6) is -0.254. The molecule has 0 aliphatic heterocycles. The number of allylic oxidation sites excluding steroid dienone is 5. The first-order chi connectivity index (χ1) is 9.24. The van der Waals surface area contributed by atoms with Crippen molar-refractivity contribution in [1.29, 1.82) is 0 Å². The average Bonchev–Trinajstić information content (AvgIpc) is 2.90. The third-order valence-electron chi connectivity index (χ3n) is 2.70. The fourth-order valence-electron chi connectivity index (χ4n) is 1.69. The van der Waals surface area contributed by atoms with E-state index in [0.29, 0.717) is 0 Å². The molecule has 0 amide bonds. The van der Waals surface area contributed by atoms with E-state index in [9.17, 15) is 4.39 Å². The number of benzene rings is 1. The Balaban J connectivity index is 2.32. The Bertz CT molecular complexity index is 618. The van der Waals surface area contributed by atoms with Gasteiger partial charge in [0.2, 0.25) is 0 Å². The molecule has 0 fully saturated rings. The van der Waals surface area contributed by atoms with Gasteiger partial charge in [0.15, 0.2) is 0 Å². The normalized spacial score (nSPS) is 12.0. The Labute approximate surface area is 112 Å². The van der Waals surface area contributed by atoms with Gasteiger partial charge in [0.1, 0.15) is 5.82 Å². The number of rotatable bonds is 4. The van der Waals surface area contributed by atoms with Crippen LogP contribution < -0.4 is 0 Å². The summed E-state index contributed by atoms with van der Waals surface area (Å²) in [6.45, 7) is 5.75. The molecule has 0 N–H and O–H groups in total. The number of halogens is 1. The molecule has 0 saturated heterocycles. The van der Waals surface area contributed by atoms with Crippen molar-refractivity contribution < 1.29 is 4.39 Å². The largest absolute Gasteiger partial charge is 0.240 e. The lowest BCUT2D eigenvalue weighted by atomic mass is 10.1. The number of hydrogen-bond donors (Lipinski definition) is 0. The summed E-state index contributed by atoms with van der Waals surface area (Å²) in [6.07, 6.45) is 11.3. The first kappa shape index (κ1) is 13.0. The van der Waals surface area contributed by atoms with Crippen LogP contribution in [0.4, 0.5) is 4.39 Å². The van der Waals surface area contributed by atoms with Gasteiger partial charge in [-0.15, -0.1) is 0 Å². The van der Waals surface area contributed by atoms with Crippen LogP contribution in [-0.4, -0.2) is 9.78 Å². The van der Waals surface area contributed by atoms with Crippen LogP contribution in [0.25, 0.3) is 11.3 Å². The zero-order valence-electron chi connectivity index (χ0n) is 10.8. The van der Waals surface area contributed by atoms with Gasteiger partial charge in [0.05, 0.1) is 11.9 Å². The van der Waals surface area contributed by atoms with Gasteiger partial charge in [-0.25, -0.2) is 9.07 Å². The highest BCUT2D eigenvalue weighted by Gasteiger charge is 2.03. The highest BCUT2D eigenvalue weighted by Crippen LogP contribution is 2.17. The van der Waals surface area contributed by atoms with Crippen LogP contribution in [0.1, 0.15) is 12.5 Å². The van der Waals surface area contributed by atoms with E-state index >= 15 is 0 Å². The Kier molecular flexibility index (Phi) is 4.08. The average molecular weight is 254 g/mol. The quantitative estimate of drug-likeness (QED) is 0.749. The maximum absolute atomic E-state index is 12.9. The van der Waals surface area contributed by atoms with E-state index in [-0.39, 0.29) is 5.82 Å². The summed E-state index contributed by atoms with van der Waals surface area (Å²) >= 11 is 0. The van der Waals surface area contributed by atoms with Crippen molar-refractivity contribution in [2.75, 3.05) is 0 Å². The second-order valence-electron chi connectivity index (χ2n) is 4.00. The van der Waals surface area contributed by atoms with E-state index in [0.717, 1.165) is 16.8 Å². The van der Waals surface area contributed by atoms with Gasteiger partial charge in [-0.05, 0) is 36.8 Å². The van der Waals surface area contributed by atoms with Gasteiger partial charge in [-0.3, -0.25) is 0 Å². The van der Waals surface area contributed by atoms with Crippen LogP contribution in [0.15, 0.2) is 67.5 Å². The molecule has 2 rings (SSSR count). The number of nitrogens with zero attached hydrogens (tertiary/aromatic N) is 2. The molecule has 0 aliphatic rings. The van der Waals surface area contributed by atoms with Crippen LogP contribution in [0.3, 0.4) is 0 Å². The summed E-state index contributed by atoms with van der Waals surface area (Å²) in [7, 11) is 0. The molecular weight excluding hydrogens is 239 g/mol. The van der Waals surface area contributed by atoms with Crippen LogP contribution in [0, 0.1) is 5.82 Å². The first-order valence-electron chi connectivity index (χ1n) is 6.01. The predicted octanol–water partition coefficient (Wildman–Crippen LogP) is 4.16. The molecule has 2 aromatic rings. The van der Waals surface area contributed by atoms with Gasteiger partial charge in [-0.2, -0.15) is 5.10 Å². The van der Waals surface area contributed by atoms with Crippen molar-refractivity contribution in [3.63, 3.8) is 0 Å². The van der Waals surface area contributed by atoms with Gasteiger partial charge in [-0.1, -0.05) is 30.9 Å². The molecule has 2 nitrogen and oxygen atoms in total. The van der Waals surface area contributed by atoms with Crippen molar-refractivity contribution in [3.8, 4) is 5.69 Å². The fraction of sp³-hybridized carbons (Fsp3) is 0.0625. The van der Waals surface area contributed by atoms with Gasteiger partial charge < -0.3 is 0 Å². The van der Waals surface area contributed by atoms with E-state index < -0.39 is 0 Å². The molecule has 0 aliphatic carbocycles. The molecule has 0 bridgehead atoms. The molecule has 0 spiro atoms. The third kappa shape index (κ3) is 3.07. The van der Waals surface area contributed by atoms with Gasteiger partial charge in [0.25, 0.3) is 0 Å². The second kappa shape index (κ2) is 5.96. The molecule has 1 aromatic heterocycles. The highest BCUT2D eigenvalue weighted by molar-refractivity contribution is 5.74. The minimum Gasteiger partial charge on any atom is -0.240 e. The second-order valence-corrected chi connectivity index (χ2v) is 4.00. The molecule has 0 radical (unpaired) electrons. The lowest BCUT2D eigenvalue weighted by molar-refractivity contribution is 0.627. The van der Waals surface area contributed by atoms with Crippen LogP contribution in [0.5, 0.6) is 0 Å². The van der Waals surface area contributed by atoms with E-state index in [1.165, 1.54) is 12.1 Å². The first-order valence-corrected chi connectivity index (χ1v) is 6.01. The molecule has 3 heteroatoms. The number of hydrogen-bond acceptors (Lipinski definition) is 1. The van der Waals surface area contributed by atoms with Crippen molar-refractivity contribution in [2.24, 2.45) is 0 Å². The van der Waals surface area contributed by atoms with Crippen LogP contribution >= 0.6 is 0 Å². The van der Waals surface area contributed by atoms with Crippen molar-refractivity contribution in [2.45, 2.75) is 6.92 Å². The lowest BCUT2D eigenvalue weighted by Gasteiger charge is -2.00. The van der Waals surface area contributed by atoms with Crippen molar-refractivity contribution in [1.82, 2.24) is 9.78 Å². The van der Waals surface area contributed by atoms with E-state index in [1.54, 1.807) is 29.1 Å². The molecular formula is C16H15FN2. The van der Waals surface area contributed by atoms with Crippen molar-refractivity contribution in [3.05, 3.63) is 78.9 Å². The maximum Gasteiger partial charge on any atom is 0.123 e. The molecule has 96 valence electrons. The maximum atomic E-state index is 12.9. The van der Waals surface area contributed by atoms with E-state index in [1.807, 2.05) is 31.3 Å². The Morgan fingerprint density at radius 2 is 2.05 bits per heavy atom. The monoisotopic (exact) mass is 254 g/mol. The lowest BCUT2D eigenvalue weighted by Crippen LogP contribution is -1.93. The highest BCUT2D eigenvalue weighted by atomic mass is 19.1. The molecule has 0 saturated carbocycles. The Morgan fingerprint density at radius 3 is 2.68 bits per heavy atom. The van der Waals surface area contributed by atoms with Crippen LogP contribution in [0.2, 0.25) is 0 Å². The summed E-state index contributed by atoms with van der Waals surface area (Å²) in [4.78, 5) is 0. The minimum absolute atomic E-state index is 0.254. The van der Waals surface area contributed by atoms with E-state index in [4.69, 9.17) is 0 Å².